The van der Waals surface area contributed by atoms with Crippen LogP contribution in [0.1, 0.15) is 16.8 Å². The van der Waals surface area contributed by atoms with Gasteiger partial charge in [-0.2, -0.15) is 0 Å². The predicted octanol–water partition coefficient (Wildman–Crippen LogP) is 4.03. The molecule has 0 radical (unpaired) electrons. The molecule has 0 saturated carbocycles. The molecule has 3 rings (SSSR count). The van der Waals surface area contributed by atoms with Crippen LogP contribution in [0.25, 0.3) is 0 Å². The smallest absolute Gasteiger partial charge is 0.253 e. The maximum atomic E-state index is 12.6. The zero-order chi connectivity index (χ0) is 21.4. The van der Waals surface area contributed by atoms with Crippen LogP contribution in [0, 0.1) is 0 Å². The molecule has 0 fully saturated rings. The molecule has 0 aromatic heterocycles. The first kappa shape index (κ1) is 21.4. The summed E-state index contributed by atoms with van der Waals surface area (Å²) in [4.78, 5) is 12.9. The fourth-order valence-corrected chi connectivity index (χ4v) is 4.26. The van der Waals surface area contributed by atoms with Crippen LogP contribution in [-0.2, 0) is 9.84 Å². The Balaban J connectivity index is 1.58. The van der Waals surface area contributed by atoms with Crippen LogP contribution in [-0.4, -0.2) is 33.7 Å². The Morgan fingerprint density at radius 3 is 2.27 bits per heavy atom. The summed E-state index contributed by atoms with van der Waals surface area (Å²) in [5, 5.41) is 6.03. The molecule has 0 saturated heterocycles. The van der Waals surface area contributed by atoms with Crippen molar-refractivity contribution < 1.29 is 17.9 Å². The average molecular weight is 425 g/mol. The SMILES string of the molecule is COc1ccc(Nc2ccccc2C(=O)NCCCS(=O)(=O)c2ccccc2)cc1. The first-order chi connectivity index (χ1) is 14.5. The van der Waals surface area contributed by atoms with Gasteiger partial charge in [0, 0.05) is 12.2 Å². The Labute approximate surface area is 176 Å². The molecular weight excluding hydrogens is 400 g/mol. The lowest BCUT2D eigenvalue weighted by atomic mass is 10.1. The molecule has 30 heavy (non-hydrogen) atoms. The van der Waals surface area contributed by atoms with Gasteiger partial charge in [-0.25, -0.2) is 8.42 Å². The van der Waals surface area contributed by atoms with E-state index in [1.54, 1.807) is 49.6 Å². The van der Waals surface area contributed by atoms with Gasteiger partial charge in [-0.1, -0.05) is 30.3 Å². The van der Waals surface area contributed by atoms with Crippen molar-refractivity contribution in [1.29, 1.82) is 0 Å². The first-order valence-corrected chi connectivity index (χ1v) is 11.2. The second-order valence-electron chi connectivity index (χ2n) is 6.64. The van der Waals surface area contributed by atoms with Crippen molar-refractivity contribution in [2.75, 3.05) is 24.7 Å². The maximum Gasteiger partial charge on any atom is 0.253 e. The normalized spacial score (nSPS) is 11.0. The molecule has 6 nitrogen and oxygen atoms in total. The van der Waals surface area contributed by atoms with Gasteiger partial charge < -0.3 is 15.4 Å². The van der Waals surface area contributed by atoms with Gasteiger partial charge in [-0.3, -0.25) is 4.79 Å². The van der Waals surface area contributed by atoms with Crippen molar-refractivity contribution in [2.24, 2.45) is 0 Å². The summed E-state index contributed by atoms with van der Waals surface area (Å²) < 4.78 is 29.8. The van der Waals surface area contributed by atoms with Crippen LogP contribution < -0.4 is 15.4 Å². The van der Waals surface area contributed by atoms with E-state index < -0.39 is 9.84 Å². The fourth-order valence-electron chi connectivity index (χ4n) is 2.92. The minimum absolute atomic E-state index is 0.0248. The molecule has 7 heteroatoms. The molecular formula is C23H24N2O4S. The largest absolute Gasteiger partial charge is 0.497 e. The van der Waals surface area contributed by atoms with Crippen molar-refractivity contribution in [3.8, 4) is 5.75 Å². The fraction of sp³-hybridized carbons (Fsp3) is 0.174. The van der Waals surface area contributed by atoms with E-state index in [4.69, 9.17) is 4.74 Å². The van der Waals surface area contributed by atoms with E-state index >= 15 is 0 Å². The third kappa shape index (κ3) is 5.61. The molecule has 2 N–H and O–H groups in total. The second kappa shape index (κ2) is 9.93. The summed E-state index contributed by atoms with van der Waals surface area (Å²) in [6, 6.07) is 22.9. The Hall–Kier alpha value is -3.32. The van der Waals surface area contributed by atoms with Crippen LogP contribution in [0.5, 0.6) is 5.75 Å². The molecule has 0 spiro atoms. The van der Waals surface area contributed by atoms with Gasteiger partial charge >= 0.3 is 0 Å². The molecule has 156 valence electrons. The number of anilines is 2. The van der Waals surface area contributed by atoms with E-state index in [9.17, 15) is 13.2 Å². The number of nitrogens with one attached hydrogen (secondary N) is 2. The van der Waals surface area contributed by atoms with Gasteiger partial charge in [0.1, 0.15) is 5.75 Å². The molecule has 3 aromatic rings. The maximum absolute atomic E-state index is 12.6. The molecule has 3 aromatic carbocycles. The quantitative estimate of drug-likeness (QED) is 0.507. The Morgan fingerprint density at radius 1 is 0.900 bits per heavy atom. The third-order valence-corrected chi connectivity index (χ3v) is 6.33. The summed E-state index contributed by atoms with van der Waals surface area (Å²) in [5.41, 5.74) is 1.97. The van der Waals surface area contributed by atoms with Crippen LogP contribution in [0.3, 0.4) is 0 Å². The molecule has 0 bridgehead atoms. The summed E-state index contributed by atoms with van der Waals surface area (Å²) in [7, 11) is -1.75. The number of carbonyl (C=O) groups excluding carboxylic acids is 1. The highest BCUT2D eigenvalue weighted by atomic mass is 32.2. The van der Waals surface area contributed by atoms with Crippen molar-refractivity contribution in [2.45, 2.75) is 11.3 Å². The summed E-state index contributed by atoms with van der Waals surface area (Å²) >= 11 is 0. The summed E-state index contributed by atoms with van der Waals surface area (Å²) in [6.45, 7) is 0.266. The van der Waals surface area contributed by atoms with Crippen molar-refractivity contribution in [3.63, 3.8) is 0 Å². The topological polar surface area (TPSA) is 84.5 Å². The number of para-hydroxylation sites is 1. The van der Waals surface area contributed by atoms with E-state index in [-0.39, 0.29) is 18.2 Å². The Morgan fingerprint density at radius 2 is 1.57 bits per heavy atom. The van der Waals surface area contributed by atoms with Gasteiger partial charge in [0.25, 0.3) is 5.91 Å². The standard InChI is InChI=1S/C23H24N2O4S/c1-29-19-14-12-18(13-15-19)25-22-11-6-5-10-21(22)23(26)24-16-7-17-30(27,28)20-8-3-2-4-9-20/h2-6,8-15,25H,7,16-17H2,1H3,(H,24,26). The van der Waals surface area contributed by atoms with Gasteiger partial charge in [0.2, 0.25) is 0 Å². The molecule has 0 atom stereocenters. The minimum Gasteiger partial charge on any atom is -0.497 e. The highest BCUT2D eigenvalue weighted by molar-refractivity contribution is 7.91. The number of hydrogen-bond acceptors (Lipinski definition) is 5. The van der Waals surface area contributed by atoms with Crippen LogP contribution in [0.4, 0.5) is 11.4 Å². The number of sulfone groups is 1. The average Bonchev–Trinajstić information content (AvgIpc) is 2.78. The molecule has 1 amide bonds. The number of methoxy groups -OCH3 is 1. The van der Waals surface area contributed by atoms with Crippen LogP contribution >= 0.6 is 0 Å². The van der Waals surface area contributed by atoms with Crippen LogP contribution in [0.2, 0.25) is 0 Å². The lowest BCUT2D eigenvalue weighted by Crippen LogP contribution is -2.26. The Bertz CT molecular complexity index is 1080. The van der Waals surface area contributed by atoms with Crippen LogP contribution in [0.15, 0.2) is 83.8 Å². The van der Waals surface area contributed by atoms with Crippen molar-refractivity contribution in [3.05, 3.63) is 84.4 Å². The van der Waals surface area contributed by atoms with Crippen molar-refractivity contribution >= 4 is 27.1 Å². The monoisotopic (exact) mass is 424 g/mol. The van der Waals surface area contributed by atoms with Crippen molar-refractivity contribution in [1.82, 2.24) is 5.32 Å². The van der Waals surface area contributed by atoms with E-state index in [1.165, 1.54) is 0 Å². The lowest BCUT2D eigenvalue weighted by Gasteiger charge is -2.13. The number of rotatable bonds is 9. The first-order valence-electron chi connectivity index (χ1n) is 9.56. The molecule has 0 aliphatic carbocycles. The third-order valence-electron chi connectivity index (χ3n) is 4.52. The minimum atomic E-state index is -3.35. The molecule has 0 aliphatic rings. The Kier molecular flexibility index (Phi) is 7.08. The van der Waals surface area contributed by atoms with E-state index in [2.05, 4.69) is 10.6 Å². The number of carbonyl (C=O) groups is 1. The van der Waals surface area contributed by atoms with Gasteiger partial charge in [-0.15, -0.1) is 0 Å². The zero-order valence-corrected chi connectivity index (χ0v) is 17.5. The number of ether oxygens (including phenoxy) is 1. The number of hydrogen-bond donors (Lipinski definition) is 2. The van der Waals surface area contributed by atoms with Gasteiger partial charge in [0.15, 0.2) is 9.84 Å². The zero-order valence-electron chi connectivity index (χ0n) is 16.7. The van der Waals surface area contributed by atoms with E-state index in [0.717, 1.165) is 11.4 Å². The highest BCUT2D eigenvalue weighted by Gasteiger charge is 2.15. The molecule has 0 aliphatic heterocycles. The lowest BCUT2D eigenvalue weighted by molar-refractivity contribution is 0.0954. The summed E-state index contributed by atoms with van der Waals surface area (Å²) in [6.07, 6.45) is 0.330. The van der Waals surface area contributed by atoms with E-state index in [1.807, 2.05) is 36.4 Å². The number of amides is 1. The van der Waals surface area contributed by atoms with E-state index in [0.29, 0.717) is 22.6 Å². The molecule has 0 unspecified atom stereocenters. The second-order valence-corrected chi connectivity index (χ2v) is 8.75. The predicted molar refractivity (Wildman–Crippen MR) is 118 cm³/mol. The summed E-state index contributed by atoms with van der Waals surface area (Å²) in [5.74, 6) is 0.462. The van der Waals surface area contributed by atoms with Gasteiger partial charge in [-0.05, 0) is 55.0 Å². The number of benzene rings is 3. The molecule has 0 heterocycles. The highest BCUT2D eigenvalue weighted by Crippen LogP contribution is 2.23. The van der Waals surface area contributed by atoms with Gasteiger partial charge in [0.05, 0.1) is 29.0 Å².